The molecule has 1 aromatic rings. The predicted molar refractivity (Wildman–Crippen MR) is 80.3 cm³/mol. The zero-order chi connectivity index (χ0) is 15.0. The van der Waals surface area contributed by atoms with Gasteiger partial charge in [0, 0.05) is 13.1 Å². The number of rotatable bonds is 3. The van der Waals surface area contributed by atoms with Crippen LogP contribution in [0.3, 0.4) is 0 Å². The minimum Gasteiger partial charge on any atom is -0.340 e. The predicted octanol–water partition coefficient (Wildman–Crippen LogP) is 1.74. The van der Waals surface area contributed by atoms with Crippen molar-refractivity contribution < 1.29 is 8.42 Å². The summed E-state index contributed by atoms with van der Waals surface area (Å²) >= 11 is 0. The van der Waals surface area contributed by atoms with E-state index in [9.17, 15) is 8.42 Å². The first-order chi connectivity index (χ1) is 9.23. The summed E-state index contributed by atoms with van der Waals surface area (Å²) in [5, 5.41) is 0. The molecule has 0 unspecified atom stereocenters. The van der Waals surface area contributed by atoms with Gasteiger partial charge in [-0.15, -0.1) is 0 Å². The van der Waals surface area contributed by atoms with E-state index in [1.54, 1.807) is 24.3 Å². The van der Waals surface area contributed by atoms with Crippen molar-refractivity contribution in [3.8, 4) is 0 Å². The number of sulfonamides is 1. The molecule has 0 saturated heterocycles. The zero-order valence-corrected chi connectivity index (χ0v) is 13.2. The van der Waals surface area contributed by atoms with Gasteiger partial charge in [0.1, 0.15) is 0 Å². The van der Waals surface area contributed by atoms with Crippen molar-refractivity contribution in [2.75, 3.05) is 13.1 Å². The molecule has 20 heavy (non-hydrogen) atoms. The van der Waals surface area contributed by atoms with Crippen molar-refractivity contribution in [2.24, 2.45) is 4.99 Å². The van der Waals surface area contributed by atoms with Gasteiger partial charge in [-0.2, -0.15) is 0 Å². The normalized spacial score (nSPS) is 18.0. The maximum atomic E-state index is 12.4. The van der Waals surface area contributed by atoms with Gasteiger partial charge in [-0.1, -0.05) is 17.7 Å². The number of nitrogens with zero attached hydrogens (tertiary/aromatic N) is 2. The van der Waals surface area contributed by atoms with Crippen molar-refractivity contribution in [3.05, 3.63) is 29.8 Å². The highest BCUT2D eigenvalue weighted by Gasteiger charge is 2.32. The van der Waals surface area contributed by atoms with Crippen molar-refractivity contribution >= 4 is 16.0 Å². The molecule has 1 N–H and O–H groups in total. The Kier molecular flexibility index (Phi) is 3.77. The molecule has 0 aromatic heterocycles. The topological polar surface area (TPSA) is 61.8 Å². The van der Waals surface area contributed by atoms with E-state index in [0.717, 1.165) is 18.7 Å². The van der Waals surface area contributed by atoms with Crippen LogP contribution < -0.4 is 4.72 Å². The largest absolute Gasteiger partial charge is 0.340 e. The Morgan fingerprint density at radius 3 is 2.45 bits per heavy atom. The third kappa shape index (κ3) is 3.12. The minimum atomic E-state index is -3.58. The van der Waals surface area contributed by atoms with Gasteiger partial charge in [-0.3, -0.25) is 0 Å². The second-order valence-corrected chi connectivity index (χ2v) is 7.36. The molecule has 0 spiro atoms. The Labute approximate surface area is 120 Å². The lowest BCUT2D eigenvalue weighted by Gasteiger charge is -2.20. The first kappa shape index (κ1) is 14.8. The summed E-state index contributed by atoms with van der Waals surface area (Å²) in [7, 11) is -3.58. The number of hydrogen-bond donors (Lipinski definition) is 1. The average molecular weight is 295 g/mol. The number of aliphatic imine (C=N–C) groups is 1. The molecule has 1 heterocycles. The minimum absolute atomic E-state index is 0.256. The van der Waals surface area contributed by atoms with Crippen LogP contribution in [-0.2, 0) is 10.0 Å². The summed E-state index contributed by atoms with van der Waals surface area (Å²) in [5.74, 6) is 0.429. The van der Waals surface area contributed by atoms with Crippen LogP contribution in [0.15, 0.2) is 34.2 Å². The van der Waals surface area contributed by atoms with E-state index in [1.165, 1.54) is 0 Å². The number of guanidine groups is 1. The van der Waals surface area contributed by atoms with Crippen LogP contribution in [0, 0.1) is 6.92 Å². The van der Waals surface area contributed by atoms with Crippen LogP contribution in [0.4, 0.5) is 0 Å². The number of aryl methyl sites for hydroxylation is 1. The van der Waals surface area contributed by atoms with Gasteiger partial charge in [0.15, 0.2) is 0 Å². The number of hydrogen-bond acceptors (Lipinski definition) is 4. The molecule has 5 nitrogen and oxygen atoms in total. The molecular formula is C14H21N3O2S. The monoisotopic (exact) mass is 295 g/mol. The van der Waals surface area contributed by atoms with Gasteiger partial charge in [0.25, 0.3) is 10.0 Å². The molecule has 110 valence electrons. The Bertz CT molecular complexity index is 618. The van der Waals surface area contributed by atoms with Crippen LogP contribution in [0.5, 0.6) is 0 Å². The standard InChI is InChI=1S/C14H21N3O2S/c1-5-17-10-14(3,4)15-13(17)16-20(18,19)12-8-6-11(2)7-9-12/h6-9H,5,10H2,1-4H3,(H,15,16). The molecule has 1 aliphatic heterocycles. The summed E-state index contributed by atoms with van der Waals surface area (Å²) in [4.78, 5) is 6.65. The SMILES string of the molecule is CCN1CC(C)(C)N=C1NS(=O)(=O)c1ccc(C)cc1. The molecule has 1 aromatic carbocycles. The quantitative estimate of drug-likeness (QED) is 0.924. The Morgan fingerprint density at radius 2 is 1.90 bits per heavy atom. The zero-order valence-electron chi connectivity index (χ0n) is 12.3. The molecule has 1 aliphatic rings. The first-order valence-corrected chi connectivity index (χ1v) is 8.16. The van der Waals surface area contributed by atoms with Crippen LogP contribution in [0.25, 0.3) is 0 Å². The fourth-order valence-electron chi connectivity index (χ4n) is 2.18. The molecule has 0 aliphatic carbocycles. The van der Waals surface area contributed by atoms with Gasteiger partial charge in [-0.25, -0.2) is 18.1 Å². The van der Waals surface area contributed by atoms with E-state index >= 15 is 0 Å². The molecule has 0 amide bonds. The van der Waals surface area contributed by atoms with Gasteiger partial charge in [-0.05, 0) is 39.8 Å². The summed E-state index contributed by atoms with van der Waals surface area (Å²) in [6.07, 6.45) is 0. The molecular weight excluding hydrogens is 274 g/mol. The lowest BCUT2D eigenvalue weighted by atomic mass is 10.1. The van der Waals surface area contributed by atoms with Crippen molar-refractivity contribution in [1.29, 1.82) is 0 Å². The first-order valence-electron chi connectivity index (χ1n) is 6.68. The van der Waals surface area contributed by atoms with Gasteiger partial charge >= 0.3 is 0 Å². The summed E-state index contributed by atoms with van der Waals surface area (Å²) in [5.41, 5.74) is 0.764. The molecule has 0 atom stereocenters. The highest BCUT2D eigenvalue weighted by atomic mass is 32.2. The van der Waals surface area contributed by atoms with E-state index in [2.05, 4.69) is 9.71 Å². The van der Waals surface area contributed by atoms with Crippen LogP contribution in [-0.4, -0.2) is 37.9 Å². The van der Waals surface area contributed by atoms with E-state index in [-0.39, 0.29) is 10.4 Å². The number of likely N-dealkylation sites (N-methyl/N-ethyl adjacent to an activating group) is 1. The van der Waals surface area contributed by atoms with Crippen molar-refractivity contribution in [2.45, 2.75) is 38.1 Å². The molecule has 0 saturated carbocycles. The Balaban J connectivity index is 2.26. The van der Waals surface area contributed by atoms with Crippen molar-refractivity contribution in [1.82, 2.24) is 9.62 Å². The summed E-state index contributed by atoms with van der Waals surface area (Å²) in [6.45, 7) is 9.32. The summed E-state index contributed by atoms with van der Waals surface area (Å²) in [6, 6.07) is 6.78. The third-order valence-electron chi connectivity index (χ3n) is 3.22. The van der Waals surface area contributed by atoms with Crippen LogP contribution >= 0.6 is 0 Å². The van der Waals surface area contributed by atoms with Crippen LogP contribution in [0.1, 0.15) is 26.3 Å². The van der Waals surface area contributed by atoms with E-state index < -0.39 is 10.0 Å². The fraction of sp³-hybridized carbons (Fsp3) is 0.500. The maximum absolute atomic E-state index is 12.4. The van der Waals surface area contributed by atoms with Gasteiger partial charge < -0.3 is 4.90 Å². The van der Waals surface area contributed by atoms with Gasteiger partial charge in [0.2, 0.25) is 5.96 Å². The third-order valence-corrected chi connectivity index (χ3v) is 4.57. The summed E-state index contributed by atoms with van der Waals surface area (Å²) < 4.78 is 27.3. The maximum Gasteiger partial charge on any atom is 0.264 e. The lowest BCUT2D eigenvalue weighted by molar-refractivity contribution is 0.386. The number of nitrogens with one attached hydrogen (secondary N) is 1. The van der Waals surface area contributed by atoms with Crippen LogP contribution in [0.2, 0.25) is 0 Å². The number of benzene rings is 1. The molecule has 6 heteroatoms. The fourth-order valence-corrected chi connectivity index (χ4v) is 3.21. The smallest absolute Gasteiger partial charge is 0.264 e. The van der Waals surface area contributed by atoms with E-state index in [4.69, 9.17) is 0 Å². The second kappa shape index (κ2) is 5.09. The van der Waals surface area contributed by atoms with Gasteiger partial charge in [0.05, 0.1) is 10.4 Å². The lowest BCUT2D eigenvalue weighted by Crippen LogP contribution is -2.42. The van der Waals surface area contributed by atoms with E-state index in [0.29, 0.717) is 5.96 Å². The molecule has 2 rings (SSSR count). The highest BCUT2D eigenvalue weighted by molar-refractivity contribution is 7.90. The second-order valence-electron chi connectivity index (χ2n) is 5.68. The molecule has 0 bridgehead atoms. The van der Waals surface area contributed by atoms with Crippen molar-refractivity contribution in [3.63, 3.8) is 0 Å². The highest BCUT2D eigenvalue weighted by Crippen LogP contribution is 2.20. The molecule has 0 fully saturated rings. The molecule has 0 radical (unpaired) electrons. The Morgan fingerprint density at radius 1 is 1.30 bits per heavy atom. The van der Waals surface area contributed by atoms with E-state index in [1.807, 2.05) is 32.6 Å². The Hall–Kier alpha value is -1.56. The average Bonchev–Trinajstić information content (AvgIpc) is 2.63.